The van der Waals surface area contributed by atoms with Crippen LogP contribution in [0.3, 0.4) is 0 Å². The topological polar surface area (TPSA) is 38.9 Å². The minimum atomic E-state index is 0.747. The molecule has 0 N–H and O–H groups in total. The van der Waals surface area contributed by atoms with E-state index in [1.165, 1.54) is 11.8 Å². The molecule has 0 aliphatic carbocycles. The Balaban J connectivity index is 2.76. The average Bonchev–Trinajstić information content (AvgIpc) is 2.47. The van der Waals surface area contributed by atoms with Crippen LogP contribution >= 0.6 is 11.8 Å². The van der Waals surface area contributed by atoms with Gasteiger partial charge in [-0.3, -0.25) is 0 Å². The summed E-state index contributed by atoms with van der Waals surface area (Å²) >= 11 is 1.54. The fourth-order valence-corrected chi connectivity index (χ4v) is 1.35. The van der Waals surface area contributed by atoms with Crippen LogP contribution in [0, 0.1) is 0 Å². The quantitative estimate of drug-likeness (QED) is 0.607. The average molecular weight is 166 g/mol. The van der Waals surface area contributed by atoms with Gasteiger partial charge < -0.3 is 4.52 Å². The van der Waals surface area contributed by atoms with Crippen LogP contribution in [-0.2, 0) is 0 Å². The summed E-state index contributed by atoms with van der Waals surface area (Å²) < 4.78 is 5.01. The molecule has 0 aromatic carbocycles. The summed E-state index contributed by atoms with van der Waals surface area (Å²) in [7, 11) is 0. The standard InChI is InChI=1S/C7H6N2OS/c1-11-7-6-5(10-9-7)3-2-4-8-6/h2-4H,1H3. The molecule has 0 radical (unpaired) electrons. The Morgan fingerprint density at radius 3 is 3.27 bits per heavy atom. The Morgan fingerprint density at radius 1 is 1.55 bits per heavy atom. The van der Waals surface area contributed by atoms with Crippen molar-refractivity contribution in [1.82, 2.24) is 10.1 Å². The lowest BCUT2D eigenvalue weighted by Crippen LogP contribution is -1.72. The van der Waals surface area contributed by atoms with E-state index in [2.05, 4.69) is 10.1 Å². The molecule has 2 aromatic heterocycles. The molecular formula is C7H6N2OS. The van der Waals surface area contributed by atoms with Gasteiger partial charge in [0.05, 0.1) is 0 Å². The number of aromatic nitrogens is 2. The Labute approximate surface area is 67.8 Å². The number of nitrogens with zero attached hydrogens (tertiary/aromatic N) is 2. The summed E-state index contributed by atoms with van der Waals surface area (Å²) in [5.74, 6) is 0. The molecule has 0 aliphatic rings. The van der Waals surface area contributed by atoms with E-state index in [-0.39, 0.29) is 0 Å². The molecule has 0 fully saturated rings. The zero-order valence-corrected chi connectivity index (χ0v) is 6.76. The largest absolute Gasteiger partial charge is 0.353 e. The van der Waals surface area contributed by atoms with Crippen LogP contribution in [-0.4, -0.2) is 16.4 Å². The van der Waals surface area contributed by atoms with Gasteiger partial charge in [0.15, 0.2) is 10.6 Å². The predicted octanol–water partition coefficient (Wildman–Crippen LogP) is 1.94. The van der Waals surface area contributed by atoms with Crippen LogP contribution in [0.15, 0.2) is 27.9 Å². The minimum Gasteiger partial charge on any atom is -0.353 e. The third-order valence-electron chi connectivity index (χ3n) is 1.39. The van der Waals surface area contributed by atoms with E-state index >= 15 is 0 Å². The highest BCUT2D eigenvalue weighted by molar-refractivity contribution is 7.98. The van der Waals surface area contributed by atoms with E-state index in [4.69, 9.17) is 4.52 Å². The van der Waals surface area contributed by atoms with Crippen molar-refractivity contribution in [2.24, 2.45) is 0 Å². The van der Waals surface area contributed by atoms with E-state index in [0.717, 1.165) is 16.1 Å². The van der Waals surface area contributed by atoms with Gasteiger partial charge in [-0.1, -0.05) is 5.16 Å². The summed E-state index contributed by atoms with van der Waals surface area (Å²) in [6, 6.07) is 3.69. The van der Waals surface area contributed by atoms with Gasteiger partial charge in [0.1, 0.15) is 5.52 Å². The molecule has 0 spiro atoms. The summed E-state index contributed by atoms with van der Waals surface area (Å²) in [6.45, 7) is 0. The Kier molecular flexibility index (Phi) is 1.54. The second-order valence-corrected chi connectivity index (χ2v) is 2.84. The van der Waals surface area contributed by atoms with Gasteiger partial charge in [-0.05, 0) is 18.4 Å². The lowest BCUT2D eigenvalue weighted by Gasteiger charge is -1.84. The monoisotopic (exact) mass is 166 g/mol. The van der Waals surface area contributed by atoms with Crippen LogP contribution in [0.5, 0.6) is 0 Å². The fourth-order valence-electron chi connectivity index (χ4n) is 0.893. The molecule has 0 bridgehead atoms. The molecule has 4 heteroatoms. The predicted molar refractivity (Wildman–Crippen MR) is 43.6 cm³/mol. The summed E-state index contributed by atoms with van der Waals surface area (Å²) in [5, 5.41) is 4.69. The van der Waals surface area contributed by atoms with Crippen molar-refractivity contribution < 1.29 is 4.52 Å². The molecule has 0 aliphatic heterocycles. The molecule has 0 saturated carbocycles. The van der Waals surface area contributed by atoms with Crippen molar-refractivity contribution in [3.05, 3.63) is 18.3 Å². The summed E-state index contributed by atoms with van der Waals surface area (Å²) in [5.41, 5.74) is 1.59. The first-order valence-corrected chi connectivity index (χ1v) is 4.38. The second-order valence-electron chi connectivity index (χ2n) is 2.04. The van der Waals surface area contributed by atoms with Crippen molar-refractivity contribution >= 4 is 22.9 Å². The molecule has 56 valence electrons. The maximum atomic E-state index is 5.01. The Hall–Kier alpha value is -1.03. The zero-order valence-electron chi connectivity index (χ0n) is 5.94. The molecule has 2 rings (SSSR count). The fraction of sp³-hybridized carbons (Fsp3) is 0.143. The number of hydrogen-bond acceptors (Lipinski definition) is 4. The number of fused-ring (bicyclic) bond motifs is 1. The highest BCUT2D eigenvalue weighted by Crippen LogP contribution is 2.22. The van der Waals surface area contributed by atoms with Crippen LogP contribution in [0.1, 0.15) is 0 Å². The van der Waals surface area contributed by atoms with Gasteiger partial charge >= 0.3 is 0 Å². The highest BCUT2D eigenvalue weighted by atomic mass is 32.2. The van der Waals surface area contributed by atoms with Gasteiger partial charge in [-0.25, -0.2) is 4.98 Å². The van der Waals surface area contributed by atoms with Gasteiger partial charge in [0.25, 0.3) is 0 Å². The molecule has 2 heterocycles. The van der Waals surface area contributed by atoms with Crippen molar-refractivity contribution in [1.29, 1.82) is 0 Å². The molecule has 3 nitrogen and oxygen atoms in total. The normalized spacial score (nSPS) is 10.6. The van der Waals surface area contributed by atoms with Crippen molar-refractivity contribution in [3.8, 4) is 0 Å². The van der Waals surface area contributed by atoms with Crippen molar-refractivity contribution in [3.63, 3.8) is 0 Å². The molecule has 0 atom stereocenters. The van der Waals surface area contributed by atoms with E-state index in [1.54, 1.807) is 6.20 Å². The maximum absolute atomic E-state index is 5.01. The smallest absolute Gasteiger partial charge is 0.186 e. The Bertz CT molecular complexity index is 371. The van der Waals surface area contributed by atoms with Crippen LogP contribution < -0.4 is 0 Å². The van der Waals surface area contributed by atoms with Crippen LogP contribution in [0.4, 0.5) is 0 Å². The SMILES string of the molecule is CSc1noc2cccnc12. The third kappa shape index (κ3) is 0.991. The highest BCUT2D eigenvalue weighted by Gasteiger charge is 2.05. The van der Waals surface area contributed by atoms with Crippen molar-refractivity contribution in [2.75, 3.05) is 6.26 Å². The molecule has 0 amide bonds. The third-order valence-corrected chi connectivity index (χ3v) is 2.05. The van der Waals surface area contributed by atoms with Crippen LogP contribution in [0.25, 0.3) is 11.1 Å². The molecule has 0 unspecified atom stereocenters. The lowest BCUT2D eigenvalue weighted by molar-refractivity contribution is 0.437. The maximum Gasteiger partial charge on any atom is 0.186 e. The van der Waals surface area contributed by atoms with E-state index in [0.29, 0.717) is 0 Å². The first kappa shape index (κ1) is 6.67. The number of pyridine rings is 1. The van der Waals surface area contributed by atoms with E-state index < -0.39 is 0 Å². The Morgan fingerprint density at radius 2 is 2.45 bits per heavy atom. The molecule has 2 aromatic rings. The number of hydrogen-bond donors (Lipinski definition) is 0. The first-order chi connectivity index (χ1) is 5.42. The van der Waals surface area contributed by atoms with Crippen molar-refractivity contribution in [2.45, 2.75) is 5.03 Å². The molecule has 11 heavy (non-hydrogen) atoms. The minimum absolute atomic E-state index is 0.747. The molecular weight excluding hydrogens is 160 g/mol. The zero-order chi connectivity index (χ0) is 7.68. The lowest BCUT2D eigenvalue weighted by atomic mass is 10.4. The van der Waals surface area contributed by atoms with Gasteiger partial charge in [0.2, 0.25) is 0 Å². The number of thioether (sulfide) groups is 1. The van der Waals surface area contributed by atoms with Crippen LogP contribution in [0.2, 0.25) is 0 Å². The van der Waals surface area contributed by atoms with Gasteiger partial charge in [-0.15, -0.1) is 11.8 Å². The van der Waals surface area contributed by atoms with E-state index in [1.807, 2.05) is 18.4 Å². The van der Waals surface area contributed by atoms with E-state index in [9.17, 15) is 0 Å². The van der Waals surface area contributed by atoms with Gasteiger partial charge in [-0.2, -0.15) is 0 Å². The number of rotatable bonds is 1. The summed E-state index contributed by atoms with van der Waals surface area (Å²) in [4.78, 5) is 4.13. The second kappa shape index (κ2) is 2.54. The molecule has 0 saturated heterocycles. The first-order valence-electron chi connectivity index (χ1n) is 3.16. The van der Waals surface area contributed by atoms with Gasteiger partial charge in [0, 0.05) is 6.20 Å². The summed E-state index contributed by atoms with van der Waals surface area (Å²) in [6.07, 6.45) is 3.69.